The molecule has 20 heavy (non-hydrogen) atoms. The first-order chi connectivity index (χ1) is 9.91. The van der Waals surface area contributed by atoms with Gasteiger partial charge in [-0.3, -0.25) is 0 Å². The summed E-state index contributed by atoms with van der Waals surface area (Å²) >= 11 is 0. The van der Waals surface area contributed by atoms with E-state index in [1.165, 1.54) is 103 Å². The molecule has 0 fully saturated rings. The van der Waals surface area contributed by atoms with E-state index in [9.17, 15) is 0 Å². The van der Waals surface area contributed by atoms with E-state index in [0.717, 1.165) is 6.16 Å². The van der Waals surface area contributed by atoms with Crippen LogP contribution in [0.2, 0.25) is 0 Å². The molecule has 0 amide bonds. The van der Waals surface area contributed by atoms with Crippen LogP contribution in [0.3, 0.4) is 0 Å². The van der Waals surface area contributed by atoms with Gasteiger partial charge in [0.25, 0.3) is 0 Å². The van der Waals surface area contributed by atoms with E-state index in [1.807, 2.05) is 0 Å². The standard InChI is InChI=1S/C18H39OP/c1-2-3-4-5-6-7-8-9-10-11-12-13-14-15-16-17-18-20-19/h19-20H,2-18H2,1H3. The summed E-state index contributed by atoms with van der Waals surface area (Å²) in [6.07, 6.45) is 23.7. The van der Waals surface area contributed by atoms with Crippen molar-refractivity contribution in [2.24, 2.45) is 0 Å². The minimum atomic E-state index is 0.169. The van der Waals surface area contributed by atoms with E-state index in [2.05, 4.69) is 6.92 Å². The van der Waals surface area contributed by atoms with Crippen molar-refractivity contribution in [3.63, 3.8) is 0 Å². The van der Waals surface area contributed by atoms with Gasteiger partial charge < -0.3 is 4.89 Å². The third-order valence-electron chi connectivity index (χ3n) is 4.14. The van der Waals surface area contributed by atoms with Gasteiger partial charge >= 0.3 is 0 Å². The Balaban J connectivity index is 2.89. The molecule has 1 atom stereocenters. The first kappa shape index (κ1) is 20.4. The summed E-state index contributed by atoms with van der Waals surface area (Å²) in [4.78, 5) is 8.71. The van der Waals surface area contributed by atoms with Crippen LogP contribution in [0.25, 0.3) is 0 Å². The first-order valence-corrected chi connectivity index (χ1v) is 10.4. The zero-order valence-electron chi connectivity index (χ0n) is 14.0. The van der Waals surface area contributed by atoms with Crippen molar-refractivity contribution in [3.8, 4) is 0 Å². The summed E-state index contributed by atoms with van der Waals surface area (Å²) in [6.45, 7) is 2.29. The number of hydrogen-bond donors (Lipinski definition) is 1. The molecule has 0 saturated carbocycles. The normalized spacial score (nSPS) is 11.7. The highest BCUT2D eigenvalue weighted by atomic mass is 31.1. The van der Waals surface area contributed by atoms with Crippen molar-refractivity contribution in [3.05, 3.63) is 0 Å². The quantitative estimate of drug-likeness (QED) is 0.230. The van der Waals surface area contributed by atoms with Crippen LogP contribution in [0, 0.1) is 0 Å². The van der Waals surface area contributed by atoms with E-state index in [-0.39, 0.29) is 8.81 Å². The molecule has 2 heteroatoms. The van der Waals surface area contributed by atoms with Gasteiger partial charge in [-0.15, -0.1) is 0 Å². The molecule has 0 bridgehead atoms. The van der Waals surface area contributed by atoms with Gasteiger partial charge in [-0.2, -0.15) is 0 Å². The maximum absolute atomic E-state index is 8.71. The lowest BCUT2D eigenvalue weighted by molar-refractivity contribution is 0.531. The number of hydrogen-bond acceptors (Lipinski definition) is 1. The first-order valence-electron chi connectivity index (χ1n) is 9.28. The maximum atomic E-state index is 8.71. The topological polar surface area (TPSA) is 20.2 Å². The Kier molecular flexibility index (Phi) is 19.8. The van der Waals surface area contributed by atoms with Crippen LogP contribution in [-0.4, -0.2) is 11.1 Å². The summed E-state index contributed by atoms with van der Waals surface area (Å²) in [5, 5.41) is 0. The molecular weight excluding hydrogens is 263 g/mol. The molecule has 0 heterocycles. The highest BCUT2D eigenvalue weighted by Gasteiger charge is 1.94. The minimum absolute atomic E-state index is 0.169. The van der Waals surface area contributed by atoms with Gasteiger partial charge in [-0.05, 0) is 12.6 Å². The van der Waals surface area contributed by atoms with Crippen LogP contribution in [0.15, 0.2) is 0 Å². The van der Waals surface area contributed by atoms with Crippen LogP contribution in [0.1, 0.15) is 110 Å². The van der Waals surface area contributed by atoms with Gasteiger partial charge in [0, 0.05) is 8.81 Å². The number of rotatable bonds is 17. The molecule has 1 N–H and O–H groups in total. The van der Waals surface area contributed by atoms with Gasteiger partial charge in [0.05, 0.1) is 0 Å². The monoisotopic (exact) mass is 302 g/mol. The highest BCUT2D eigenvalue weighted by Crippen LogP contribution is 2.14. The molecule has 0 rings (SSSR count). The Morgan fingerprint density at radius 3 is 1.10 bits per heavy atom. The molecule has 1 nitrogen and oxygen atoms in total. The van der Waals surface area contributed by atoms with Crippen LogP contribution in [0.5, 0.6) is 0 Å². The summed E-state index contributed by atoms with van der Waals surface area (Å²) in [7, 11) is 0.169. The van der Waals surface area contributed by atoms with Gasteiger partial charge in [-0.1, -0.05) is 103 Å². The van der Waals surface area contributed by atoms with Crippen molar-refractivity contribution in [2.75, 3.05) is 6.16 Å². The fourth-order valence-corrected chi connectivity index (χ4v) is 3.16. The smallest absolute Gasteiger partial charge is 0.0107 e. The van der Waals surface area contributed by atoms with Gasteiger partial charge in [-0.25, -0.2) is 0 Å². The van der Waals surface area contributed by atoms with Crippen LogP contribution in [-0.2, 0) is 0 Å². The summed E-state index contributed by atoms with van der Waals surface area (Å²) in [5.74, 6) is 0. The largest absolute Gasteiger partial charge is 0.377 e. The third-order valence-corrected chi connectivity index (χ3v) is 4.72. The lowest BCUT2D eigenvalue weighted by Gasteiger charge is -2.03. The predicted molar refractivity (Wildman–Crippen MR) is 94.9 cm³/mol. The summed E-state index contributed by atoms with van der Waals surface area (Å²) in [5.41, 5.74) is 0. The fourth-order valence-electron chi connectivity index (χ4n) is 2.75. The van der Waals surface area contributed by atoms with E-state index >= 15 is 0 Å². The second-order valence-corrected chi connectivity index (χ2v) is 7.03. The second-order valence-electron chi connectivity index (χ2n) is 6.21. The lowest BCUT2D eigenvalue weighted by atomic mass is 10.0. The van der Waals surface area contributed by atoms with Crippen LogP contribution in [0.4, 0.5) is 0 Å². The molecule has 0 aliphatic rings. The van der Waals surface area contributed by atoms with Crippen molar-refractivity contribution in [1.82, 2.24) is 0 Å². The molecular formula is C18H39OP. The molecule has 122 valence electrons. The predicted octanol–water partition coefficient (Wildman–Crippen LogP) is 6.83. The molecule has 0 radical (unpaired) electrons. The van der Waals surface area contributed by atoms with Crippen molar-refractivity contribution in [1.29, 1.82) is 0 Å². The zero-order chi connectivity index (χ0) is 14.7. The van der Waals surface area contributed by atoms with Gasteiger partial charge in [0.1, 0.15) is 0 Å². The maximum Gasteiger partial charge on any atom is 0.0107 e. The lowest BCUT2D eigenvalue weighted by Crippen LogP contribution is -1.84. The Bertz CT molecular complexity index is 143. The molecule has 0 aromatic rings. The average molecular weight is 302 g/mol. The highest BCUT2D eigenvalue weighted by molar-refractivity contribution is 7.31. The summed E-state index contributed by atoms with van der Waals surface area (Å²) in [6, 6.07) is 0. The van der Waals surface area contributed by atoms with E-state index in [0.29, 0.717) is 0 Å². The average Bonchev–Trinajstić information content (AvgIpc) is 2.47. The zero-order valence-corrected chi connectivity index (χ0v) is 15.0. The minimum Gasteiger partial charge on any atom is -0.377 e. The van der Waals surface area contributed by atoms with Crippen molar-refractivity contribution >= 4 is 8.81 Å². The molecule has 0 saturated heterocycles. The Hall–Kier alpha value is 0.390. The van der Waals surface area contributed by atoms with Gasteiger partial charge in [0.2, 0.25) is 0 Å². The Morgan fingerprint density at radius 1 is 0.500 bits per heavy atom. The molecule has 0 aromatic carbocycles. The van der Waals surface area contributed by atoms with Gasteiger partial charge in [0.15, 0.2) is 0 Å². The third kappa shape index (κ3) is 18.4. The van der Waals surface area contributed by atoms with E-state index in [4.69, 9.17) is 4.89 Å². The Labute approximate surface area is 130 Å². The van der Waals surface area contributed by atoms with Crippen LogP contribution < -0.4 is 0 Å². The molecule has 1 unspecified atom stereocenters. The van der Waals surface area contributed by atoms with Crippen molar-refractivity contribution in [2.45, 2.75) is 110 Å². The summed E-state index contributed by atoms with van der Waals surface area (Å²) < 4.78 is 0. The van der Waals surface area contributed by atoms with Crippen molar-refractivity contribution < 1.29 is 4.89 Å². The number of unbranched alkanes of at least 4 members (excludes halogenated alkanes) is 15. The molecule has 0 aromatic heterocycles. The fraction of sp³-hybridized carbons (Fsp3) is 1.00. The van der Waals surface area contributed by atoms with E-state index < -0.39 is 0 Å². The van der Waals surface area contributed by atoms with Crippen LogP contribution >= 0.6 is 8.81 Å². The second kappa shape index (κ2) is 19.4. The Morgan fingerprint density at radius 2 is 0.800 bits per heavy atom. The SMILES string of the molecule is CCCCCCCCCCCCCCCCCCPO. The molecule has 0 aliphatic heterocycles. The molecule has 0 spiro atoms. The van der Waals surface area contributed by atoms with E-state index in [1.54, 1.807) is 0 Å². The molecule has 0 aliphatic carbocycles.